The summed E-state index contributed by atoms with van der Waals surface area (Å²) in [6.45, 7) is -0.296. The lowest BCUT2D eigenvalue weighted by Crippen LogP contribution is -2.25. The van der Waals surface area contributed by atoms with E-state index < -0.39 is 14.9 Å². The quantitative estimate of drug-likeness (QED) is 0.468. The summed E-state index contributed by atoms with van der Waals surface area (Å²) >= 11 is 0. The van der Waals surface area contributed by atoms with E-state index in [4.69, 9.17) is 5.26 Å². The van der Waals surface area contributed by atoms with E-state index in [0.29, 0.717) is 5.56 Å². The lowest BCUT2D eigenvalue weighted by molar-refractivity contribution is -0.384. The van der Waals surface area contributed by atoms with Crippen molar-refractivity contribution in [1.82, 2.24) is 4.72 Å². The second-order valence-corrected chi connectivity index (χ2v) is 4.97. The number of benzene rings is 1. The lowest BCUT2D eigenvalue weighted by atomic mass is 10.2. The SMILES string of the molecule is N#CCNS(=O)(=O)Cc1ccc([N+](=O)[O-])cc1. The minimum absolute atomic E-state index is 0.101. The van der Waals surface area contributed by atoms with Gasteiger partial charge in [0.1, 0.15) is 0 Å². The number of sulfonamides is 1. The molecular formula is C9H9N3O4S. The molecule has 0 spiro atoms. The number of hydrogen-bond donors (Lipinski definition) is 1. The van der Waals surface area contributed by atoms with Gasteiger partial charge in [0, 0.05) is 12.1 Å². The van der Waals surface area contributed by atoms with Crippen molar-refractivity contribution in [2.24, 2.45) is 0 Å². The van der Waals surface area contributed by atoms with Gasteiger partial charge in [-0.05, 0) is 5.56 Å². The van der Waals surface area contributed by atoms with Gasteiger partial charge in [-0.1, -0.05) is 12.1 Å². The van der Waals surface area contributed by atoms with E-state index in [-0.39, 0.29) is 18.0 Å². The van der Waals surface area contributed by atoms with Gasteiger partial charge in [0.25, 0.3) is 5.69 Å². The number of nitrogens with one attached hydrogen (secondary N) is 1. The van der Waals surface area contributed by atoms with Crippen molar-refractivity contribution in [3.05, 3.63) is 39.9 Å². The Hall–Kier alpha value is -1.98. The second kappa shape index (κ2) is 5.38. The molecule has 0 radical (unpaired) electrons. The Bertz CT molecular complexity index is 545. The molecule has 0 amide bonds. The molecule has 0 atom stereocenters. The van der Waals surface area contributed by atoms with Crippen molar-refractivity contribution in [1.29, 1.82) is 5.26 Å². The molecule has 8 heteroatoms. The topological polar surface area (TPSA) is 113 Å². The van der Waals surface area contributed by atoms with E-state index in [1.165, 1.54) is 24.3 Å². The summed E-state index contributed by atoms with van der Waals surface area (Å²) in [6.07, 6.45) is 0. The van der Waals surface area contributed by atoms with Crippen LogP contribution in [0.3, 0.4) is 0 Å². The predicted molar refractivity (Wildman–Crippen MR) is 59.3 cm³/mol. The van der Waals surface area contributed by atoms with Gasteiger partial charge >= 0.3 is 0 Å². The summed E-state index contributed by atoms with van der Waals surface area (Å²) in [5, 5.41) is 18.6. The summed E-state index contributed by atoms with van der Waals surface area (Å²) in [5.74, 6) is -0.313. The van der Waals surface area contributed by atoms with Crippen LogP contribution in [-0.4, -0.2) is 19.9 Å². The molecule has 0 aromatic heterocycles. The Balaban J connectivity index is 2.76. The molecule has 0 fully saturated rings. The Labute approximate surface area is 97.9 Å². The maximum atomic E-state index is 11.4. The third-order valence-electron chi connectivity index (χ3n) is 1.87. The molecule has 1 rings (SSSR count). The average molecular weight is 255 g/mol. The maximum absolute atomic E-state index is 11.4. The van der Waals surface area contributed by atoms with Gasteiger partial charge in [0.05, 0.1) is 23.3 Å². The molecule has 0 saturated carbocycles. The largest absolute Gasteiger partial charge is 0.269 e. The molecule has 1 N–H and O–H groups in total. The van der Waals surface area contributed by atoms with Crippen molar-refractivity contribution in [3.63, 3.8) is 0 Å². The molecule has 0 heterocycles. The monoisotopic (exact) mass is 255 g/mol. The Morgan fingerprint density at radius 3 is 2.41 bits per heavy atom. The molecule has 0 aliphatic carbocycles. The van der Waals surface area contributed by atoms with Gasteiger partial charge in [-0.2, -0.15) is 5.26 Å². The van der Waals surface area contributed by atoms with Crippen LogP contribution < -0.4 is 4.72 Å². The van der Waals surface area contributed by atoms with Gasteiger partial charge in [0.2, 0.25) is 10.0 Å². The molecule has 1 aromatic carbocycles. The average Bonchev–Trinajstić information content (AvgIpc) is 2.26. The van der Waals surface area contributed by atoms with Gasteiger partial charge in [0.15, 0.2) is 0 Å². The lowest BCUT2D eigenvalue weighted by Gasteiger charge is -2.03. The smallest absolute Gasteiger partial charge is 0.258 e. The van der Waals surface area contributed by atoms with E-state index in [1.54, 1.807) is 6.07 Å². The maximum Gasteiger partial charge on any atom is 0.269 e. The molecule has 7 nitrogen and oxygen atoms in total. The number of nitro benzene ring substituents is 1. The first kappa shape index (κ1) is 13.1. The fourth-order valence-corrected chi connectivity index (χ4v) is 2.14. The zero-order valence-electron chi connectivity index (χ0n) is 8.66. The number of hydrogen-bond acceptors (Lipinski definition) is 5. The fourth-order valence-electron chi connectivity index (χ4n) is 1.13. The first-order valence-electron chi connectivity index (χ1n) is 4.52. The van der Waals surface area contributed by atoms with E-state index in [9.17, 15) is 18.5 Å². The van der Waals surface area contributed by atoms with E-state index in [1.807, 2.05) is 0 Å². The highest BCUT2D eigenvalue weighted by molar-refractivity contribution is 7.88. The first-order valence-corrected chi connectivity index (χ1v) is 6.17. The van der Waals surface area contributed by atoms with Crippen molar-refractivity contribution < 1.29 is 13.3 Å². The summed E-state index contributed by atoms with van der Waals surface area (Å²) in [4.78, 5) is 9.81. The Morgan fingerprint density at radius 1 is 1.35 bits per heavy atom. The molecule has 17 heavy (non-hydrogen) atoms. The highest BCUT2D eigenvalue weighted by Crippen LogP contribution is 2.13. The third-order valence-corrected chi connectivity index (χ3v) is 3.17. The molecule has 0 aliphatic heterocycles. The zero-order valence-corrected chi connectivity index (χ0v) is 9.48. The zero-order chi connectivity index (χ0) is 12.9. The van der Waals surface area contributed by atoms with E-state index >= 15 is 0 Å². The van der Waals surface area contributed by atoms with Gasteiger partial charge in [-0.15, -0.1) is 0 Å². The van der Waals surface area contributed by atoms with E-state index in [0.717, 1.165) is 0 Å². The number of nitriles is 1. The molecule has 90 valence electrons. The van der Waals surface area contributed by atoms with Crippen molar-refractivity contribution in [2.75, 3.05) is 6.54 Å². The van der Waals surface area contributed by atoms with Crippen LogP contribution in [-0.2, 0) is 15.8 Å². The number of non-ortho nitro benzene ring substituents is 1. The van der Waals surface area contributed by atoms with Crippen molar-refractivity contribution >= 4 is 15.7 Å². The summed E-state index contributed by atoms with van der Waals surface area (Å²) < 4.78 is 24.8. The summed E-state index contributed by atoms with van der Waals surface area (Å²) in [5.41, 5.74) is 0.317. The van der Waals surface area contributed by atoms with Crippen LogP contribution in [0.15, 0.2) is 24.3 Å². The molecule has 0 bridgehead atoms. The number of nitro groups is 1. The van der Waals surface area contributed by atoms with Gasteiger partial charge < -0.3 is 0 Å². The van der Waals surface area contributed by atoms with Crippen LogP contribution in [0.4, 0.5) is 5.69 Å². The molecular weight excluding hydrogens is 246 g/mol. The van der Waals surface area contributed by atoms with E-state index in [2.05, 4.69) is 4.72 Å². The molecule has 0 saturated heterocycles. The van der Waals surface area contributed by atoms with Crippen LogP contribution in [0.5, 0.6) is 0 Å². The highest BCUT2D eigenvalue weighted by atomic mass is 32.2. The third kappa shape index (κ3) is 4.18. The molecule has 0 aliphatic rings. The summed E-state index contributed by atoms with van der Waals surface area (Å²) in [7, 11) is -3.57. The van der Waals surface area contributed by atoms with Crippen LogP contribution in [0, 0.1) is 21.4 Å². The van der Waals surface area contributed by atoms with Crippen LogP contribution in [0.2, 0.25) is 0 Å². The Morgan fingerprint density at radius 2 is 1.94 bits per heavy atom. The molecule has 0 unspecified atom stereocenters. The minimum Gasteiger partial charge on any atom is -0.258 e. The fraction of sp³-hybridized carbons (Fsp3) is 0.222. The minimum atomic E-state index is -3.57. The highest BCUT2D eigenvalue weighted by Gasteiger charge is 2.12. The normalized spacial score (nSPS) is 10.8. The Kier molecular flexibility index (Phi) is 4.14. The van der Waals surface area contributed by atoms with Gasteiger partial charge in [-0.25, -0.2) is 13.1 Å². The van der Waals surface area contributed by atoms with Gasteiger partial charge in [-0.3, -0.25) is 10.1 Å². The van der Waals surface area contributed by atoms with Crippen LogP contribution in [0.25, 0.3) is 0 Å². The number of rotatable bonds is 5. The summed E-state index contributed by atoms with van der Waals surface area (Å²) in [6, 6.07) is 6.85. The molecule has 1 aromatic rings. The standard InChI is InChI=1S/C9H9N3O4S/c10-5-6-11-17(15,16)7-8-1-3-9(4-2-8)12(13)14/h1-4,11H,6-7H2. The second-order valence-electron chi connectivity index (χ2n) is 3.16. The van der Waals surface area contributed by atoms with Crippen molar-refractivity contribution in [3.8, 4) is 6.07 Å². The predicted octanol–water partition coefficient (Wildman–Crippen LogP) is 0.538. The first-order chi connectivity index (χ1) is 7.94. The number of nitrogens with zero attached hydrogens (tertiary/aromatic N) is 2. The van der Waals surface area contributed by atoms with Crippen molar-refractivity contribution in [2.45, 2.75) is 5.75 Å². The van der Waals surface area contributed by atoms with Crippen LogP contribution in [0.1, 0.15) is 5.56 Å². The van der Waals surface area contributed by atoms with Crippen LogP contribution >= 0.6 is 0 Å².